The van der Waals surface area contributed by atoms with Crippen LogP contribution in [0, 0.1) is 6.92 Å². The maximum Gasteiger partial charge on any atom is 0.160 e. The highest BCUT2D eigenvalue weighted by atomic mass is 14.9. The maximum atomic E-state index is 4.75. The number of nitrogens with zero attached hydrogens (tertiary/aromatic N) is 3. The lowest BCUT2D eigenvalue weighted by Crippen LogP contribution is -1.97. The standard InChI is InChI=1S/C22H19N3/c1-4-8-19(23-3)21-15-20(17-13-11-16(2)12-14-17)24-22(25-21)18-9-6-5-7-10-18/h4-15H,1,3H2,2H3/b19-8-. The van der Waals surface area contributed by atoms with Crippen molar-refractivity contribution in [3.8, 4) is 22.6 Å². The summed E-state index contributed by atoms with van der Waals surface area (Å²) >= 11 is 0. The number of benzene rings is 2. The second kappa shape index (κ2) is 7.49. The van der Waals surface area contributed by atoms with Crippen LogP contribution in [0.25, 0.3) is 28.3 Å². The number of allylic oxidation sites excluding steroid dienone is 2. The van der Waals surface area contributed by atoms with E-state index in [0.717, 1.165) is 22.5 Å². The van der Waals surface area contributed by atoms with Crippen LogP contribution in [-0.4, -0.2) is 16.7 Å². The Kier molecular flexibility index (Phi) is 4.95. The summed E-state index contributed by atoms with van der Waals surface area (Å²) in [5.41, 5.74) is 5.44. The van der Waals surface area contributed by atoms with E-state index >= 15 is 0 Å². The Morgan fingerprint density at radius 3 is 2.32 bits per heavy atom. The van der Waals surface area contributed by atoms with Crippen molar-refractivity contribution in [2.24, 2.45) is 4.99 Å². The SMILES string of the molecule is C=C/C=C(\N=C)c1cc(-c2ccc(C)cc2)nc(-c2ccccc2)n1. The largest absolute Gasteiger partial charge is 0.262 e. The van der Waals surface area contributed by atoms with E-state index in [0.29, 0.717) is 11.5 Å². The molecule has 0 spiro atoms. The predicted octanol–water partition coefficient (Wildman–Crippen LogP) is 5.35. The number of hydrogen-bond donors (Lipinski definition) is 0. The van der Waals surface area contributed by atoms with Crippen molar-refractivity contribution in [2.45, 2.75) is 6.92 Å². The van der Waals surface area contributed by atoms with Gasteiger partial charge in [0, 0.05) is 11.1 Å². The Morgan fingerprint density at radius 1 is 0.960 bits per heavy atom. The zero-order valence-corrected chi connectivity index (χ0v) is 14.2. The van der Waals surface area contributed by atoms with Crippen LogP contribution in [0.4, 0.5) is 0 Å². The van der Waals surface area contributed by atoms with Gasteiger partial charge in [0.25, 0.3) is 0 Å². The van der Waals surface area contributed by atoms with E-state index in [9.17, 15) is 0 Å². The highest BCUT2D eigenvalue weighted by Crippen LogP contribution is 2.26. The molecule has 2 aromatic carbocycles. The van der Waals surface area contributed by atoms with Crippen LogP contribution < -0.4 is 0 Å². The summed E-state index contributed by atoms with van der Waals surface area (Å²) in [6, 6.07) is 20.1. The average Bonchev–Trinajstić information content (AvgIpc) is 2.67. The van der Waals surface area contributed by atoms with E-state index in [4.69, 9.17) is 4.98 Å². The van der Waals surface area contributed by atoms with Crippen molar-refractivity contribution in [1.29, 1.82) is 0 Å². The summed E-state index contributed by atoms with van der Waals surface area (Å²) in [5, 5.41) is 0. The molecule has 3 heteroatoms. The minimum absolute atomic E-state index is 0.660. The zero-order chi connectivity index (χ0) is 17.6. The van der Waals surface area contributed by atoms with Gasteiger partial charge in [0.05, 0.1) is 17.1 Å². The smallest absolute Gasteiger partial charge is 0.160 e. The third-order valence-corrected chi connectivity index (χ3v) is 3.81. The third kappa shape index (κ3) is 3.78. The fourth-order valence-corrected chi connectivity index (χ4v) is 2.50. The zero-order valence-electron chi connectivity index (χ0n) is 14.2. The first-order chi connectivity index (χ1) is 12.2. The molecule has 3 aromatic rings. The molecule has 0 unspecified atom stereocenters. The molecule has 3 rings (SSSR count). The number of hydrogen-bond acceptors (Lipinski definition) is 3. The highest BCUT2D eigenvalue weighted by molar-refractivity contribution is 5.73. The van der Waals surface area contributed by atoms with Gasteiger partial charge in [-0.15, -0.1) is 0 Å². The Balaban J connectivity index is 2.21. The number of aryl methyl sites for hydroxylation is 1. The Morgan fingerprint density at radius 2 is 1.68 bits per heavy atom. The number of rotatable bonds is 5. The molecule has 3 nitrogen and oxygen atoms in total. The maximum absolute atomic E-state index is 4.75. The van der Waals surface area contributed by atoms with Crippen molar-refractivity contribution in [2.75, 3.05) is 0 Å². The van der Waals surface area contributed by atoms with Gasteiger partial charge in [-0.05, 0) is 25.8 Å². The minimum Gasteiger partial charge on any atom is -0.262 e. The van der Waals surface area contributed by atoms with Gasteiger partial charge in [0.15, 0.2) is 5.82 Å². The first-order valence-corrected chi connectivity index (χ1v) is 8.02. The van der Waals surface area contributed by atoms with E-state index in [1.165, 1.54) is 5.56 Å². The molecule has 0 aliphatic rings. The molecular formula is C22H19N3. The van der Waals surface area contributed by atoms with Gasteiger partial charge < -0.3 is 0 Å². The monoisotopic (exact) mass is 325 g/mol. The molecular weight excluding hydrogens is 306 g/mol. The van der Waals surface area contributed by atoms with Gasteiger partial charge in [-0.25, -0.2) is 9.97 Å². The van der Waals surface area contributed by atoms with Crippen LogP contribution in [0.15, 0.2) is 84.4 Å². The van der Waals surface area contributed by atoms with Gasteiger partial charge in [-0.3, -0.25) is 4.99 Å². The Labute approximate surface area is 148 Å². The molecule has 122 valence electrons. The van der Waals surface area contributed by atoms with Crippen LogP contribution in [0.1, 0.15) is 11.3 Å². The Hall–Kier alpha value is -3.33. The van der Waals surface area contributed by atoms with Crippen LogP contribution >= 0.6 is 0 Å². The molecule has 0 aliphatic heterocycles. The van der Waals surface area contributed by atoms with Crippen LogP contribution in [0.3, 0.4) is 0 Å². The normalized spacial score (nSPS) is 11.2. The van der Waals surface area contributed by atoms with Crippen molar-refractivity contribution in [3.63, 3.8) is 0 Å². The molecule has 0 N–H and O–H groups in total. The van der Waals surface area contributed by atoms with E-state index < -0.39 is 0 Å². The fraction of sp³-hybridized carbons (Fsp3) is 0.0455. The van der Waals surface area contributed by atoms with Gasteiger partial charge in [0.1, 0.15) is 0 Å². The van der Waals surface area contributed by atoms with E-state index in [-0.39, 0.29) is 0 Å². The number of aliphatic imine (C=N–C) groups is 1. The summed E-state index contributed by atoms with van der Waals surface area (Å²) in [6.45, 7) is 9.45. The summed E-state index contributed by atoms with van der Waals surface area (Å²) < 4.78 is 0. The van der Waals surface area contributed by atoms with Crippen molar-refractivity contribution in [1.82, 2.24) is 9.97 Å². The summed E-state index contributed by atoms with van der Waals surface area (Å²) in [6.07, 6.45) is 3.48. The lowest BCUT2D eigenvalue weighted by Gasteiger charge is -2.09. The molecule has 1 heterocycles. The topological polar surface area (TPSA) is 38.1 Å². The average molecular weight is 325 g/mol. The molecule has 0 saturated carbocycles. The van der Waals surface area contributed by atoms with E-state index in [2.05, 4.69) is 54.5 Å². The molecule has 0 atom stereocenters. The van der Waals surface area contributed by atoms with Gasteiger partial charge in [-0.1, -0.05) is 72.8 Å². The quantitative estimate of drug-likeness (QED) is 0.468. The second-order valence-corrected chi connectivity index (χ2v) is 5.64. The predicted molar refractivity (Wildman–Crippen MR) is 105 cm³/mol. The third-order valence-electron chi connectivity index (χ3n) is 3.81. The van der Waals surface area contributed by atoms with Crippen molar-refractivity contribution < 1.29 is 0 Å². The van der Waals surface area contributed by atoms with Crippen LogP contribution in [0.2, 0.25) is 0 Å². The Bertz CT molecular complexity index is 923. The molecule has 0 amide bonds. The van der Waals surface area contributed by atoms with E-state index in [1.54, 1.807) is 12.2 Å². The van der Waals surface area contributed by atoms with Crippen LogP contribution in [-0.2, 0) is 0 Å². The minimum atomic E-state index is 0.660. The molecule has 0 bridgehead atoms. The van der Waals surface area contributed by atoms with Crippen LogP contribution in [0.5, 0.6) is 0 Å². The van der Waals surface area contributed by atoms with Gasteiger partial charge in [-0.2, -0.15) is 0 Å². The second-order valence-electron chi connectivity index (χ2n) is 5.64. The fourth-order valence-electron chi connectivity index (χ4n) is 2.50. The molecule has 25 heavy (non-hydrogen) atoms. The molecule has 0 radical (unpaired) electrons. The summed E-state index contributed by atoms with van der Waals surface area (Å²) in [4.78, 5) is 13.5. The molecule has 1 aromatic heterocycles. The number of aromatic nitrogens is 2. The lowest BCUT2D eigenvalue weighted by molar-refractivity contribution is 1.15. The summed E-state index contributed by atoms with van der Waals surface area (Å²) in [7, 11) is 0. The van der Waals surface area contributed by atoms with E-state index in [1.807, 2.05) is 36.4 Å². The highest BCUT2D eigenvalue weighted by Gasteiger charge is 2.11. The lowest BCUT2D eigenvalue weighted by atomic mass is 10.1. The van der Waals surface area contributed by atoms with Gasteiger partial charge in [0.2, 0.25) is 0 Å². The van der Waals surface area contributed by atoms with Crippen molar-refractivity contribution in [3.05, 3.63) is 90.7 Å². The van der Waals surface area contributed by atoms with Gasteiger partial charge >= 0.3 is 0 Å². The molecule has 0 aliphatic carbocycles. The van der Waals surface area contributed by atoms with Crippen molar-refractivity contribution >= 4 is 12.4 Å². The first kappa shape index (κ1) is 16.5. The first-order valence-electron chi connectivity index (χ1n) is 8.02. The summed E-state index contributed by atoms with van der Waals surface area (Å²) in [5.74, 6) is 0.660. The molecule has 0 saturated heterocycles. The molecule has 0 fully saturated rings.